The molecule has 0 N–H and O–H groups in total. The number of benzene rings is 1. The van der Waals surface area contributed by atoms with E-state index in [0.717, 1.165) is 10.6 Å². The maximum absolute atomic E-state index is 11.8. The van der Waals surface area contributed by atoms with Gasteiger partial charge >= 0.3 is 0 Å². The number of carbonyl (C=O) groups is 1. The van der Waals surface area contributed by atoms with E-state index < -0.39 is 0 Å². The number of carbonyl (C=O) groups excluding carboxylic acids is 1. The second kappa shape index (κ2) is 4.36. The molecule has 2 heteroatoms. The topological polar surface area (TPSA) is 17.1 Å². The zero-order valence-corrected chi connectivity index (χ0v) is 9.63. The van der Waals surface area contributed by atoms with E-state index in [1.807, 2.05) is 24.3 Å². The summed E-state index contributed by atoms with van der Waals surface area (Å²) in [6, 6.07) is 7.54. The van der Waals surface area contributed by atoms with E-state index in [0.29, 0.717) is 18.1 Å². The largest absolute Gasteiger partial charge is 0.299 e. The third-order valence-corrected chi connectivity index (χ3v) is 3.38. The van der Waals surface area contributed by atoms with Crippen LogP contribution in [-0.2, 0) is 11.2 Å². The molecule has 0 aromatic heterocycles. The van der Waals surface area contributed by atoms with Crippen LogP contribution in [0.1, 0.15) is 25.3 Å². The molecule has 0 saturated heterocycles. The summed E-state index contributed by atoms with van der Waals surface area (Å²) in [6.07, 6.45) is 3.01. The Kier molecular flexibility index (Phi) is 3.11. The highest BCUT2D eigenvalue weighted by Crippen LogP contribution is 2.37. The van der Waals surface area contributed by atoms with Crippen LogP contribution in [0.4, 0.5) is 0 Å². The summed E-state index contributed by atoms with van der Waals surface area (Å²) in [4.78, 5) is 11.8. The summed E-state index contributed by atoms with van der Waals surface area (Å²) in [6.45, 7) is 2.05. The molecule has 0 amide bonds. The highest BCUT2D eigenvalue weighted by molar-refractivity contribution is 6.30. The van der Waals surface area contributed by atoms with Crippen molar-refractivity contribution in [1.29, 1.82) is 0 Å². The number of halogens is 1. The first-order valence-corrected chi connectivity index (χ1v) is 5.82. The molecule has 1 nitrogen and oxygen atoms in total. The molecule has 0 aliphatic heterocycles. The average molecular weight is 223 g/mol. The summed E-state index contributed by atoms with van der Waals surface area (Å²) in [5.41, 5.74) is 1.07. The Bertz CT molecular complexity index is 351. The van der Waals surface area contributed by atoms with Gasteiger partial charge in [-0.05, 0) is 36.5 Å². The maximum Gasteiger partial charge on any atom is 0.140 e. The molecule has 80 valence electrons. The normalized spacial score (nSPS) is 17.5. The van der Waals surface area contributed by atoms with Gasteiger partial charge in [-0.1, -0.05) is 30.7 Å². The molecule has 0 radical (unpaired) electrons. The first-order chi connectivity index (χ1) is 7.16. The van der Waals surface area contributed by atoms with Crippen molar-refractivity contribution in [2.75, 3.05) is 0 Å². The molecular weight excluding hydrogens is 208 g/mol. The summed E-state index contributed by atoms with van der Waals surface area (Å²) < 4.78 is 0. The monoisotopic (exact) mass is 222 g/mol. The zero-order chi connectivity index (χ0) is 10.8. The third-order valence-electron chi connectivity index (χ3n) is 3.13. The van der Waals surface area contributed by atoms with Crippen molar-refractivity contribution >= 4 is 17.4 Å². The fraction of sp³-hybridized carbons (Fsp3) is 0.462. The van der Waals surface area contributed by atoms with Gasteiger partial charge in [-0.2, -0.15) is 0 Å². The van der Waals surface area contributed by atoms with Crippen molar-refractivity contribution in [3.05, 3.63) is 34.9 Å². The minimum Gasteiger partial charge on any atom is -0.299 e. The van der Waals surface area contributed by atoms with E-state index in [-0.39, 0.29) is 5.92 Å². The van der Waals surface area contributed by atoms with E-state index in [2.05, 4.69) is 6.92 Å². The van der Waals surface area contributed by atoms with E-state index in [1.54, 1.807) is 0 Å². The number of hydrogen-bond acceptors (Lipinski definition) is 1. The van der Waals surface area contributed by atoms with Gasteiger partial charge in [0.25, 0.3) is 0 Å². The molecule has 15 heavy (non-hydrogen) atoms. The van der Waals surface area contributed by atoms with Crippen LogP contribution in [0.3, 0.4) is 0 Å². The second-order valence-electron chi connectivity index (χ2n) is 4.40. The summed E-state index contributed by atoms with van der Waals surface area (Å²) in [7, 11) is 0. The number of ketones is 1. The Balaban J connectivity index is 1.95. The van der Waals surface area contributed by atoms with Crippen LogP contribution in [0.5, 0.6) is 0 Å². The Labute approximate surface area is 95.4 Å². The molecule has 1 aromatic rings. The van der Waals surface area contributed by atoms with Crippen molar-refractivity contribution in [3.8, 4) is 0 Å². The maximum atomic E-state index is 11.8. The summed E-state index contributed by atoms with van der Waals surface area (Å²) >= 11 is 5.79. The Morgan fingerprint density at radius 1 is 1.40 bits per heavy atom. The number of Topliss-reactive ketones (excluding diaryl/α,β-unsaturated/α-hetero) is 1. The lowest BCUT2D eigenvalue weighted by Gasteiger charge is -2.08. The van der Waals surface area contributed by atoms with Crippen molar-refractivity contribution in [1.82, 2.24) is 0 Å². The Morgan fingerprint density at radius 3 is 2.53 bits per heavy atom. The summed E-state index contributed by atoms with van der Waals surface area (Å²) in [5.74, 6) is 1.25. The van der Waals surface area contributed by atoms with Crippen LogP contribution in [-0.4, -0.2) is 5.78 Å². The molecular formula is C13H15ClO. The zero-order valence-electron chi connectivity index (χ0n) is 8.87. The van der Waals surface area contributed by atoms with Gasteiger partial charge in [0.2, 0.25) is 0 Å². The quantitative estimate of drug-likeness (QED) is 0.762. The lowest BCUT2D eigenvalue weighted by Crippen LogP contribution is -2.15. The molecule has 0 spiro atoms. The Morgan fingerprint density at radius 2 is 2.00 bits per heavy atom. The molecule has 1 unspecified atom stereocenters. The van der Waals surface area contributed by atoms with E-state index in [1.165, 1.54) is 12.8 Å². The minimum absolute atomic E-state index is 0.237. The molecule has 1 aromatic carbocycles. The van der Waals surface area contributed by atoms with E-state index in [4.69, 9.17) is 11.6 Å². The van der Waals surface area contributed by atoms with Gasteiger partial charge in [-0.15, -0.1) is 0 Å². The van der Waals surface area contributed by atoms with E-state index in [9.17, 15) is 4.79 Å². The first-order valence-electron chi connectivity index (χ1n) is 5.44. The molecule has 2 rings (SSSR count). The molecule has 1 fully saturated rings. The SMILES string of the molecule is CC(C(=O)Cc1ccc(Cl)cc1)C1CC1. The van der Waals surface area contributed by atoms with Crippen molar-refractivity contribution < 1.29 is 4.79 Å². The van der Waals surface area contributed by atoms with Crippen LogP contribution in [0.25, 0.3) is 0 Å². The molecule has 0 heterocycles. The van der Waals surface area contributed by atoms with Crippen molar-refractivity contribution in [3.63, 3.8) is 0 Å². The third kappa shape index (κ3) is 2.82. The van der Waals surface area contributed by atoms with Gasteiger partial charge in [0.15, 0.2) is 0 Å². The highest BCUT2D eigenvalue weighted by Gasteiger charge is 2.32. The van der Waals surface area contributed by atoms with Gasteiger partial charge < -0.3 is 0 Å². The van der Waals surface area contributed by atoms with Gasteiger partial charge in [-0.3, -0.25) is 4.79 Å². The van der Waals surface area contributed by atoms with Crippen LogP contribution in [0.15, 0.2) is 24.3 Å². The molecule has 1 aliphatic carbocycles. The fourth-order valence-electron chi connectivity index (χ4n) is 1.82. The van der Waals surface area contributed by atoms with Gasteiger partial charge in [0.05, 0.1) is 0 Å². The molecule has 1 saturated carbocycles. The van der Waals surface area contributed by atoms with Crippen LogP contribution in [0, 0.1) is 11.8 Å². The predicted molar refractivity (Wildman–Crippen MR) is 62.1 cm³/mol. The van der Waals surface area contributed by atoms with Crippen molar-refractivity contribution in [2.45, 2.75) is 26.2 Å². The molecule has 1 aliphatic rings. The molecule has 0 bridgehead atoms. The summed E-state index contributed by atoms with van der Waals surface area (Å²) in [5, 5.41) is 0.724. The number of hydrogen-bond donors (Lipinski definition) is 0. The average Bonchev–Trinajstić information content (AvgIpc) is 3.04. The minimum atomic E-state index is 0.237. The molecule has 1 atom stereocenters. The van der Waals surface area contributed by atoms with Gasteiger partial charge in [0.1, 0.15) is 5.78 Å². The fourth-order valence-corrected chi connectivity index (χ4v) is 1.95. The predicted octanol–water partition coefficient (Wildman–Crippen LogP) is 3.50. The van der Waals surface area contributed by atoms with Gasteiger partial charge in [-0.25, -0.2) is 0 Å². The standard InChI is InChI=1S/C13H15ClO/c1-9(11-4-5-11)13(15)8-10-2-6-12(14)7-3-10/h2-3,6-7,9,11H,4-5,8H2,1H3. The smallest absolute Gasteiger partial charge is 0.140 e. The van der Waals surface area contributed by atoms with Gasteiger partial charge in [0, 0.05) is 17.4 Å². The Hall–Kier alpha value is -0.820. The highest BCUT2D eigenvalue weighted by atomic mass is 35.5. The second-order valence-corrected chi connectivity index (χ2v) is 4.83. The van der Waals surface area contributed by atoms with Crippen LogP contribution >= 0.6 is 11.6 Å². The number of rotatable bonds is 4. The van der Waals surface area contributed by atoms with Crippen LogP contribution in [0.2, 0.25) is 5.02 Å². The van der Waals surface area contributed by atoms with Crippen LogP contribution < -0.4 is 0 Å². The lowest BCUT2D eigenvalue weighted by atomic mass is 9.95. The first kappa shape index (κ1) is 10.7. The van der Waals surface area contributed by atoms with Crippen molar-refractivity contribution in [2.24, 2.45) is 11.8 Å². The lowest BCUT2D eigenvalue weighted by molar-refractivity contribution is -0.122. The van der Waals surface area contributed by atoms with E-state index >= 15 is 0 Å².